The molecule has 0 fully saturated rings. The van der Waals surface area contributed by atoms with Crippen molar-refractivity contribution in [2.75, 3.05) is 27.2 Å². The van der Waals surface area contributed by atoms with Crippen LogP contribution < -0.4 is 10.2 Å². The number of aryl methyl sites for hydroxylation is 1. The van der Waals surface area contributed by atoms with E-state index in [0.717, 1.165) is 47.5 Å². The average molecular weight is 354 g/mol. The zero-order valence-electron chi connectivity index (χ0n) is 16.1. The molecule has 6 nitrogen and oxygen atoms in total. The van der Waals surface area contributed by atoms with Gasteiger partial charge in [-0.2, -0.15) is 4.98 Å². The molecule has 138 valence electrons. The molecule has 0 amide bonds. The molecule has 0 aliphatic rings. The Kier molecular flexibility index (Phi) is 5.34. The second kappa shape index (κ2) is 7.51. The second-order valence-electron chi connectivity index (χ2n) is 7.66. The highest BCUT2D eigenvalue weighted by Crippen LogP contribution is 2.31. The van der Waals surface area contributed by atoms with E-state index in [0.29, 0.717) is 22.8 Å². The van der Waals surface area contributed by atoms with Crippen molar-refractivity contribution < 1.29 is 4.42 Å². The van der Waals surface area contributed by atoms with Crippen molar-refractivity contribution in [1.82, 2.24) is 19.4 Å². The standard InChI is InChI=1S/C20H28N5O/c1-14(2)5-8-18-23-17-7-6-15(20-22-10-12-26-20)13-16(17)19(24-18)25(3,4)11-9-21/h6-7,10,12-14H,5,8-9,11,21H2,1-4H3/q+1. The van der Waals surface area contributed by atoms with Gasteiger partial charge in [0.1, 0.15) is 12.1 Å². The first kappa shape index (κ1) is 18.5. The van der Waals surface area contributed by atoms with Crippen LogP contribution in [0, 0.1) is 5.92 Å². The Morgan fingerprint density at radius 3 is 2.65 bits per heavy atom. The van der Waals surface area contributed by atoms with Gasteiger partial charge in [0.25, 0.3) is 0 Å². The van der Waals surface area contributed by atoms with E-state index < -0.39 is 0 Å². The minimum Gasteiger partial charge on any atom is -0.445 e. The maximum absolute atomic E-state index is 5.86. The molecular formula is C20H28N5O+. The molecule has 2 N–H and O–H groups in total. The van der Waals surface area contributed by atoms with Gasteiger partial charge >= 0.3 is 0 Å². The Balaban J connectivity index is 2.14. The van der Waals surface area contributed by atoms with E-state index in [1.54, 1.807) is 12.5 Å². The summed E-state index contributed by atoms with van der Waals surface area (Å²) in [7, 11) is 4.28. The average Bonchev–Trinajstić information content (AvgIpc) is 3.13. The molecule has 0 saturated carbocycles. The van der Waals surface area contributed by atoms with E-state index in [-0.39, 0.29) is 0 Å². The van der Waals surface area contributed by atoms with Crippen molar-refractivity contribution in [1.29, 1.82) is 0 Å². The van der Waals surface area contributed by atoms with Crippen molar-refractivity contribution in [2.45, 2.75) is 26.7 Å². The molecule has 1 aromatic carbocycles. The van der Waals surface area contributed by atoms with Crippen LogP contribution in [0.1, 0.15) is 26.1 Å². The summed E-state index contributed by atoms with van der Waals surface area (Å²) in [6, 6.07) is 6.10. The van der Waals surface area contributed by atoms with Crippen LogP contribution in [0.4, 0.5) is 5.82 Å². The molecule has 6 heteroatoms. The Hall–Kier alpha value is -2.31. The Bertz CT molecular complexity index is 871. The molecule has 0 atom stereocenters. The van der Waals surface area contributed by atoms with Crippen LogP contribution in [-0.4, -0.2) is 42.1 Å². The molecule has 0 bridgehead atoms. The first-order valence-corrected chi connectivity index (χ1v) is 9.15. The lowest BCUT2D eigenvalue weighted by molar-refractivity contribution is 0.399. The molecule has 0 saturated heterocycles. The minimum absolute atomic E-state index is 0.596. The summed E-state index contributed by atoms with van der Waals surface area (Å²) in [6.07, 6.45) is 5.19. The zero-order valence-corrected chi connectivity index (χ0v) is 16.1. The predicted octanol–water partition coefficient (Wildman–Crippen LogP) is 3.40. The van der Waals surface area contributed by atoms with Crippen LogP contribution >= 0.6 is 0 Å². The molecule has 2 heterocycles. The van der Waals surface area contributed by atoms with Crippen molar-refractivity contribution in [3.8, 4) is 11.5 Å². The molecule has 0 aliphatic carbocycles. The number of aromatic nitrogens is 3. The number of oxazole rings is 1. The molecule has 0 unspecified atom stereocenters. The van der Waals surface area contributed by atoms with Gasteiger partial charge in [0.05, 0.1) is 37.7 Å². The molecule has 26 heavy (non-hydrogen) atoms. The third-order valence-electron chi connectivity index (χ3n) is 4.61. The van der Waals surface area contributed by atoms with E-state index in [9.17, 15) is 0 Å². The predicted molar refractivity (Wildman–Crippen MR) is 106 cm³/mol. The van der Waals surface area contributed by atoms with Crippen molar-refractivity contribution in [3.63, 3.8) is 0 Å². The van der Waals surface area contributed by atoms with Gasteiger partial charge in [-0.25, -0.2) is 9.97 Å². The molecule has 0 aliphatic heterocycles. The van der Waals surface area contributed by atoms with Gasteiger partial charge in [0.15, 0.2) is 0 Å². The van der Waals surface area contributed by atoms with E-state index in [1.807, 2.05) is 12.1 Å². The number of quaternary nitrogens is 1. The van der Waals surface area contributed by atoms with Gasteiger partial charge in [-0.3, -0.25) is 4.48 Å². The largest absolute Gasteiger partial charge is 0.445 e. The molecule has 2 aromatic heterocycles. The topological polar surface area (TPSA) is 77.8 Å². The first-order valence-electron chi connectivity index (χ1n) is 9.15. The normalized spacial score (nSPS) is 12.2. The summed E-state index contributed by atoms with van der Waals surface area (Å²) in [4.78, 5) is 14.0. The third-order valence-corrected chi connectivity index (χ3v) is 4.61. The quantitative estimate of drug-likeness (QED) is 0.658. The summed E-state index contributed by atoms with van der Waals surface area (Å²) >= 11 is 0. The van der Waals surface area contributed by atoms with Crippen molar-refractivity contribution in [3.05, 3.63) is 36.5 Å². The number of benzene rings is 1. The van der Waals surface area contributed by atoms with E-state index in [2.05, 4.69) is 39.0 Å². The number of rotatable bonds is 7. The van der Waals surface area contributed by atoms with Crippen molar-refractivity contribution >= 4 is 16.7 Å². The smallest absolute Gasteiger partial charge is 0.238 e. The maximum Gasteiger partial charge on any atom is 0.238 e. The fraction of sp³-hybridized carbons (Fsp3) is 0.450. The van der Waals surface area contributed by atoms with Gasteiger partial charge < -0.3 is 10.2 Å². The SMILES string of the molecule is CC(C)CCc1nc([N+](C)(C)CCN)c2cc(-c3ncco3)ccc2n1. The molecular weight excluding hydrogens is 326 g/mol. The number of fused-ring (bicyclic) bond motifs is 1. The summed E-state index contributed by atoms with van der Waals surface area (Å²) in [5.41, 5.74) is 7.73. The number of hydrogen-bond donors (Lipinski definition) is 1. The van der Waals surface area contributed by atoms with Crippen LogP contribution in [0.2, 0.25) is 0 Å². The summed E-state index contributed by atoms with van der Waals surface area (Å²) in [6.45, 7) is 5.84. The number of hydrogen-bond acceptors (Lipinski definition) is 5. The van der Waals surface area contributed by atoms with Gasteiger partial charge in [0.2, 0.25) is 11.7 Å². The molecule has 3 aromatic rings. The third kappa shape index (κ3) is 3.92. The number of likely N-dealkylation sites (N-methyl/N-ethyl adjacent to an activating group) is 1. The fourth-order valence-electron chi connectivity index (χ4n) is 3.08. The van der Waals surface area contributed by atoms with Crippen molar-refractivity contribution in [2.24, 2.45) is 11.7 Å². The monoisotopic (exact) mass is 354 g/mol. The lowest BCUT2D eigenvalue weighted by Gasteiger charge is -2.28. The van der Waals surface area contributed by atoms with Gasteiger partial charge in [-0.15, -0.1) is 0 Å². The summed E-state index contributed by atoms with van der Waals surface area (Å²) in [5.74, 6) is 3.11. The van der Waals surface area contributed by atoms with Gasteiger partial charge in [-0.05, 0) is 30.5 Å². The van der Waals surface area contributed by atoms with E-state index in [1.165, 1.54) is 0 Å². The molecule has 0 radical (unpaired) electrons. The van der Waals surface area contributed by atoms with Crippen LogP contribution in [0.25, 0.3) is 22.4 Å². The minimum atomic E-state index is 0.596. The highest BCUT2D eigenvalue weighted by Gasteiger charge is 2.25. The number of nitrogens with zero attached hydrogens (tertiary/aromatic N) is 4. The second-order valence-corrected chi connectivity index (χ2v) is 7.66. The van der Waals surface area contributed by atoms with Gasteiger partial charge in [-0.1, -0.05) is 13.8 Å². The van der Waals surface area contributed by atoms with Crippen LogP contribution in [0.3, 0.4) is 0 Å². The Morgan fingerprint density at radius 1 is 1.19 bits per heavy atom. The van der Waals surface area contributed by atoms with E-state index >= 15 is 0 Å². The highest BCUT2D eigenvalue weighted by molar-refractivity contribution is 5.91. The fourth-order valence-corrected chi connectivity index (χ4v) is 3.08. The zero-order chi connectivity index (χ0) is 18.7. The van der Waals surface area contributed by atoms with E-state index in [4.69, 9.17) is 20.1 Å². The molecule has 3 rings (SSSR count). The van der Waals surface area contributed by atoms with Crippen LogP contribution in [-0.2, 0) is 6.42 Å². The van der Waals surface area contributed by atoms with Crippen LogP contribution in [0.15, 0.2) is 35.1 Å². The maximum atomic E-state index is 5.86. The Labute approximate surface area is 154 Å². The van der Waals surface area contributed by atoms with Crippen LogP contribution in [0.5, 0.6) is 0 Å². The van der Waals surface area contributed by atoms with Gasteiger partial charge in [0, 0.05) is 18.5 Å². The molecule has 0 spiro atoms. The summed E-state index contributed by atoms with van der Waals surface area (Å²) < 4.78 is 6.06. The first-order chi connectivity index (χ1) is 12.4. The summed E-state index contributed by atoms with van der Waals surface area (Å²) in [5, 5.41) is 1.02. The highest BCUT2D eigenvalue weighted by atomic mass is 16.3. The number of nitrogens with two attached hydrogens (primary N) is 1. The lowest BCUT2D eigenvalue weighted by Crippen LogP contribution is -2.45. The Morgan fingerprint density at radius 2 is 2.00 bits per heavy atom. The lowest BCUT2D eigenvalue weighted by atomic mass is 10.1.